The molecule has 2 bridgehead atoms. The second-order valence-corrected chi connectivity index (χ2v) is 10.8. The van der Waals surface area contributed by atoms with Gasteiger partial charge in [0.05, 0.1) is 24.3 Å². The lowest BCUT2D eigenvalue weighted by Gasteiger charge is -2.30. The summed E-state index contributed by atoms with van der Waals surface area (Å²) in [5, 5.41) is 14.4. The lowest BCUT2D eigenvalue weighted by molar-refractivity contribution is -0.125. The van der Waals surface area contributed by atoms with Crippen molar-refractivity contribution in [1.82, 2.24) is 20.7 Å². The number of hydrogen-bond donors (Lipinski definition) is 2. The molecule has 2 aliphatic rings. The Bertz CT molecular complexity index is 1850. The van der Waals surface area contributed by atoms with Crippen LogP contribution in [0.25, 0.3) is 33.5 Å². The Labute approximate surface area is 236 Å². The number of rotatable bonds is 6. The molecular weight excluding hydrogens is 518 g/mol. The standard InChI is InChI=1S/C32H27N5O4/c1-32(2,31(39)33-3)29-25-27(34-35-29)30(38)37(28(25)21-7-5-6-8-24(21)40-4)19-12-9-17(10-13-19)20-14-11-18-15-22(20)26-23(18)16-41-36-26/h5-16,28H,1-4H3,(H,33,39)(H,34,35). The molecule has 1 aliphatic carbocycles. The van der Waals surface area contributed by atoms with E-state index < -0.39 is 11.5 Å². The van der Waals surface area contributed by atoms with E-state index in [-0.39, 0.29) is 11.8 Å². The molecule has 1 aliphatic heterocycles. The van der Waals surface area contributed by atoms with Crippen LogP contribution in [0, 0.1) is 0 Å². The van der Waals surface area contributed by atoms with Crippen LogP contribution in [-0.2, 0) is 10.2 Å². The van der Waals surface area contributed by atoms with E-state index in [0.29, 0.717) is 28.4 Å². The molecule has 3 aromatic carbocycles. The fourth-order valence-corrected chi connectivity index (χ4v) is 6.09. The lowest BCUT2D eigenvalue weighted by Crippen LogP contribution is -2.39. The molecule has 41 heavy (non-hydrogen) atoms. The van der Waals surface area contributed by atoms with Gasteiger partial charge in [-0.05, 0) is 54.8 Å². The molecule has 1 atom stereocenters. The molecule has 3 heterocycles. The number of anilines is 1. The maximum absolute atomic E-state index is 14.0. The number of methoxy groups -OCH3 is 1. The number of benzene rings is 3. The highest BCUT2D eigenvalue weighted by molar-refractivity contribution is 6.11. The van der Waals surface area contributed by atoms with Crippen molar-refractivity contribution in [1.29, 1.82) is 0 Å². The second kappa shape index (κ2) is 8.92. The molecule has 5 aromatic rings. The first-order chi connectivity index (χ1) is 19.8. The summed E-state index contributed by atoms with van der Waals surface area (Å²) in [6.45, 7) is 3.63. The molecule has 0 radical (unpaired) electrons. The van der Waals surface area contributed by atoms with E-state index in [0.717, 1.165) is 39.1 Å². The maximum Gasteiger partial charge on any atom is 0.280 e. The van der Waals surface area contributed by atoms with Crippen molar-refractivity contribution >= 4 is 17.5 Å². The summed E-state index contributed by atoms with van der Waals surface area (Å²) in [7, 11) is 3.21. The Morgan fingerprint density at radius 3 is 2.51 bits per heavy atom. The number of likely N-dealkylation sites (N-methyl/N-ethyl adjacent to an activating group) is 1. The highest BCUT2D eigenvalue weighted by atomic mass is 16.5. The van der Waals surface area contributed by atoms with Gasteiger partial charge < -0.3 is 14.6 Å². The van der Waals surface area contributed by atoms with Crippen LogP contribution >= 0.6 is 0 Å². The summed E-state index contributed by atoms with van der Waals surface area (Å²) >= 11 is 0. The number of amides is 2. The second-order valence-electron chi connectivity index (χ2n) is 10.8. The molecule has 0 saturated heterocycles. The fraction of sp³-hybridized carbons (Fsp3) is 0.188. The van der Waals surface area contributed by atoms with E-state index in [4.69, 9.17) is 9.26 Å². The fourth-order valence-electron chi connectivity index (χ4n) is 6.09. The normalized spacial score (nSPS) is 15.2. The molecule has 1 unspecified atom stereocenters. The Morgan fingerprint density at radius 1 is 1.00 bits per heavy atom. The van der Waals surface area contributed by atoms with Crippen LogP contribution in [0.15, 0.2) is 77.5 Å². The number of nitrogens with zero attached hydrogens (tertiary/aromatic N) is 3. The van der Waals surface area contributed by atoms with Gasteiger partial charge in [0, 0.05) is 35.0 Å². The maximum atomic E-state index is 14.0. The van der Waals surface area contributed by atoms with Crippen LogP contribution in [0.5, 0.6) is 5.75 Å². The Morgan fingerprint density at radius 2 is 1.76 bits per heavy atom. The molecule has 2 aromatic heterocycles. The van der Waals surface area contributed by atoms with E-state index in [2.05, 4.69) is 38.9 Å². The largest absolute Gasteiger partial charge is 0.496 e. The monoisotopic (exact) mass is 545 g/mol. The molecule has 2 N–H and O–H groups in total. The van der Waals surface area contributed by atoms with Crippen molar-refractivity contribution in [2.45, 2.75) is 25.3 Å². The van der Waals surface area contributed by atoms with E-state index in [1.807, 2.05) is 62.4 Å². The Hall–Kier alpha value is -5.18. The van der Waals surface area contributed by atoms with Gasteiger partial charge in [0.1, 0.15) is 17.7 Å². The third-order valence-corrected chi connectivity index (χ3v) is 8.22. The van der Waals surface area contributed by atoms with Crippen LogP contribution in [0.1, 0.15) is 47.2 Å². The number of nitrogens with one attached hydrogen (secondary N) is 2. The summed E-state index contributed by atoms with van der Waals surface area (Å²) in [4.78, 5) is 28.7. The highest BCUT2D eigenvalue weighted by Crippen LogP contribution is 2.48. The molecule has 9 heteroatoms. The van der Waals surface area contributed by atoms with Gasteiger partial charge in [-0.2, -0.15) is 5.10 Å². The molecule has 204 valence electrons. The third-order valence-electron chi connectivity index (χ3n) is 8.22. The quantitative estimate of drug-likeness (QED) is 0.286. The summed E-state index contributed by atoms with van der Waals surface area (Å²) in [5.74, 6) is 0.192. The molecule has 7 rings (SSSR count). The van der Waals surface area contributed by atoms with Gasteiger partial charge in [0.2, 0.25) is 5.91 Å². The van der Waals surface area contributed by atoms with Crippen molar-refractivity contribution in [2.24, 2.45) is 0 Å². The first-order valence-electron chi connectivity index (χ1n) is 13.3. The van der Waals surface area contributed by atoms with Gasteiger partial charge in [0.25, 0.3) is 5.91 Å². The minimum Gasteiger partial charge on any atom is -0.496 e. The average Bonchev–Trinajstić information content (AvgIpc) is 3.76. The van der Waals surface area contributed by atoms with Crippen molar-refractivity contribution in [3.63, 3.8) is 0 Å². The summed E-state index contributed by atoms with van der Waals surface area (Å²) < 4.78 is 10.9. The van der Waals surface area contributed by atoms with E-state index >= 15 is 0 Å². The topological polar surface area (TPSA) is 113 Å². The van der Waals surface area contributed by atoms with Crippen molar-refractivity contribution in [3.8, 4) is 39.3 Å². The van der Waals surface area contributed by atoms with E-state index in [9.17, 15) is 9.59 Å². The molecule has 9 nitrogen and oxygen atoms in total. The number of H-pyrrole nitrogens is 1. The van der Waals surface area contributed by atoms with Crippen LogP contribution in [0.2, 0.25) is 0 Å². The van der Waals surface area contributed by atoms with Gasteiger partial charge in [-0.15, -0.1) is 0 Å². The Balaban J connectivity index is 1.35. The molecule has 2 amide bonds. The first-order valence-corrected chi connectivity index (χ1v) is 13.3. The number of aromatic amines is 1. The van der Waals surface area contributed by atoms with Gasteiger partial charge in [0.15, 0.2) is 5.69 Å². The van der Waals surface area contributed by atoms with Gasteiger partial charge in [-0.1, -0.05) is 47.6 Å². The number of carbonyl (C=O) groups excluding carboxylic acids is 2. The molecule has 0 spiro atoms. The van der Waals surface area contributed by atoms with E-state index in [1.54, 1.807) is 25.3 Å². The number of ether oxygens (including phenoxy) is 1. The minimum atomic E-state index is -0.968. The van der Waals surface area contributed by atoms with Crippen LogP contribution in [-0.4, -0.2) is 41.3 Å². The first kappa shape index (κ1) is 24.8. The molecule has 0 saturated carbocycles. The smallest absolute Gasteiger partial charge is 0.280 e. The number of fused-ring (bicyclic) bond motifs is 6. The SMILES string of the molecule is CNC(=O)C(C)(C)c1[nH]nc2c1C(c1ccccc1OC)N(c1ccc(-c3ccc4cc3-c3nocc3-4)cc1)C2=O. The zero-order chi connectivity index (χ0) is 28.5. The van der Waals surface area contributed by atoms with Gasteiger partial charge in [-0.3, -0.25) is 19.6 Å². The number of aromatic nitrogens is 3. The Kier molecular flexibility index (Phi) is 5.40. The van der Waals surface area contributed by atoms with Crippen LogP contribution < -0.4 is 15.0 Å². The predicted octanol–water partition coefficient (Wildman–Crippen LogP) is 5.49. The highest BCUT2D eigenvalue weighted by Gasteiger charge is 2.48. The number of hydrogen-bond acceptors (Lipinski definition) is 6. The van der Waals surface area contributed by atoms with Crippen molar-refractivity contribution in [2.75, 3.05) is 19.1 Å². The number of para-hydroxylation sites is 1. The zero-order valence-corrected chi connectivity index (χ0v) is 23.0. The van der Waals surface area contributed by atoms with Crippen molar-refractivity contribution in [3.05, 3.63) is 95.5 Å². The molecule has 0 fully saturated rings. The predicted molar refractivity (Wildman–Crippen MR) is 154 cm³/mol. The van der Waals surface area contributed by atoms with Crippen LogP contribution in [0.3, 0.4) is 0 Å². The minimum absolute atomic E-state index is 0.188. The van der Waals surface area contributed by atoms with Gasteiger partial charge >= 0.3 is 0 Å². The van der Waals surface area contributed by atoms with Crippen molar-refractivity contribution < 1.29 is 18.8 Å². The third kappa shape index (κ3) is 3.48. The average molecular weight is 546 g/mol. The van der Waals surface area contributed by atoms with Crippen LogP contribution in [0.4, 0.5) is 5.69 Å². The zero-order valence-electron chi connectivity index (χ0n) is 23.0. The molecular formula is C32H27N5O4. The summed E-state index contributed by atoms with van der Waals surface area (Å²) in [6.07, 6.45) is 1.67. The summed E-state index contributed by atoms with van der Waals surface area (Å²) in [6, 6.07) is 21.2. The van der Waals surface area contributed by atoms with E-state index in [1.165, 1.54) is 0 Å². The number of carbonyl (C=O) groups is 2. The summed E-state index contributed by atoms with van der Waals surface area (Å²) in [5.41, 5.74) is 8.03. The lowest BCUT2D eigenvalue weighted by atomic mass is 9.83. The van der Waals surface area contributed by atoms with Gasteiger partial charge in [-0.25, -0.2) is 0 Å².